The first-order valence-electron chi connectivity index (χ1n) is 12.3. The second kappa shape index (κ2) is 10.7. The smallest absolute Gasteiger partial charge is 0.276 e. The van der Waals surface area contributed by atoms with E-state index in [1.807, 2.05) is 29.3 Å². The lowest BCUT2D eigenvalue weighted by atomic mass is 9.77. The van der Waals surface area contributed by atoms with Gasteiger partial charge in [-0.1, -0.05) is 73.5 Å². The molecule has 4 rings (SSSR count). The summed E-state index contributed by atoms with van der Waals surface area (Å²) >= 11 is 1.63. The van der Waals surface area contributed by atoms with Gasteiger partial charge in [0, 0.05) is 16.9 Å². The Kier molecular flexibility index (Phi) is 7.74. The van der Waals surface area contributed by atoms with E-state index in [0.717, 1.165) is 54.9 Å². The van der Waals surface area contributed by atoms with Gasteiger partial charge in [-0.15, -0.1) is 5.10 Å². The summed E-state index contributed by atoms with van der Waals surface area (Å²) in [5, 5.41) is 12.3. The molecule has 3 atom stereocenters. The molecule has 0 saturated carbocycles. The molecule has 1 aliphatic carbocycles. The van der Waals surface area contributed by atoms with Crippen LogP contribution in [0.3, 0.4) is 0 Å². The molecule has 0 aromatic heterocycles. The first-order chi connectivity index (χ1) is 16.0. The Labute approximate surface area is 201 Å². The third-order valence-corrected chi connectivity index (χ3v) is 7.63. The molecule has 1 amide bonds. The van der Waals surface area contributed by atoms with Crippen LogP contribution in [0.2, 0.25) is 0 Å². The molecule has 176 valence electrons. The molecule has 0 radical (unpaired) electrons. The largest absolute Gasteiger partial charge is 0.298 e. The quantitative estimate of drug-likeness (QED) is 0.470. The van der Waals surface area contributed by atoms with Crippen molar-refractivity contribution in [1.29, 1.82) is 0 Å². The Hall–Kier alpha value is -2.34. The molecule has 6 heteroatoms. The number of nitrogens with zero attached hydrogens (tertiary/aromatic N) is 3. The van der Waals surface area contributed by atoms with E-state index in [-0.39, 0.29) is 12.1 Å². The average molecular weight is 465 g/mol. The van der Waals surface area contributed by atoms with Crippen LogP contribution in [0.25, 0.3) is 5.70 Å². The molecule has 2 heterocycles. The number of allylic oxidation sites excluding steroid dienone is 4. The van der Waals surface area contributed by atoms with E-state index in [9.17, 15) is 4.79 Å². The molecule has 0 spiro atoms. The summed E-state index contributed by atoms with van der Waals surface area (Å²) < 4.78 is 0. The van der Waals surface area contributed by atoms with Crippen LogP contribution in [0, 0.1) is 11.8 Å². The summed E-state index contributed by atoms with van der Waals surface area (Å²) in [6, 6.07) is 7.96. The Morgan fingerprint density at radius 3 is 2.88 bits per heavy atom. The minimum Gasteiger partial charge on any atom is -0.298 e. The van der Waals surface area contributed by atoms with Gasteiger partial charge in [0.1, 0.15) is 11.9 Å². The van der Waals surface area contributed by atoms with Crippen molar-refractivity contribution in [3.8, 4) is 0 Å². The molecule has 1 aromatic carbocycles. The number of unbranched alkanes of at least 4 members (excludes halogenated alkanes) is 1. The van der Waals surface area contributed by atoms with E-state index in [2.05, 4.69) is 45.2 Å². The topological polar surface area (TPSA) is 57.1 Å². The van der Waals surface area contributed by atoms with E-state index in [1.165, 1.54) is 5.57 Å². The summed E-state index contributed by atoms with van der Waals surface area (Å²) in [7, 11) is 0. The van der Waals surface area contributed by atoms with Crippen molar-refractivity contribution < 1.29 is 4.79 Å². The molecule has 2 aliphatic heterocycles. The second-order valence-corrected chi connectivity index (χ2v) is 10.7. The third kappa shape index (κ3) is 5.43. The molecule has 0 fully saturated rings. The number of amides is 1. The molecule has 1 aromatic rings. The van der Waals surface area contributed by atoms with Crippen molar-refractivity contribution in [1.82, 2.24) is 10.3 Å². The van der Waals surface area contributed by atoms with Crippen LogP contribution in [0.15, 0.2) is 57.7 Å². The number of thioether (sulfide) groups is 1. The van der Waals surface area contributed by atoms with Crippen molar-refractivity contribution in [2.24, 2.45) is 21.9 Å². The number of nitrogens with one attached hydrogen (secondary N) is 1. The van der Waals surface area contributed by atoms with E-state index < -0.39 is 0 Å². The van der Waals surface area contributed by atoms with Crippen LogP contribution in [0.5, 0.6) is 0 Å². The van der Waals surface area contributed by atoms with Crippen LogP contribution < -0.4 is 15.9 Å². The number of para-hydroxylation sites is 1. The third-order valence-electron chi connectivity index (χ3n) is 6.68. The Morgan fingerprint density at radius 2 is 2.12 bits per heavy atom. The molecule has 0 unspecified atom stereocenters. The van der Waals surface area contributed by atoms with E-state index in [0.29, 0.717) is 22.7 Å². The van der Waals surface area contributed by atoms with Crippen molar-refractivity contribution >= 4 is 28.5 Å². The van der Waals surface area contributed by atoms with Gasteiger partial charge in [-0.3, -0.25) is 15.1 Å². The Balaban J connectivity index is 1.64. The molecule has 33 heavy (non-hydrogen) atoms. The van der Waals surface area contributed by atoms with Crippen molar-refractivity contribution in [2.45, 2.75) is 72.4 Å². The lowest BCUT2D eigenvalue weighted by Gasteiger charge is -2.41. The molecule has 3 aliphatic rings. The number of hydrogen-bond donors (Lipinski definition) is 1. The van der Waals surface area contributed by atoms with Crippen molar-refractivity contribution in [2.75, 3.05) is 5.75 Å². The van der Waals surface area contributed by atoms with Gasteiger partial charge in [0.2, 0.25) is 0 Å². The predicted molar refractivity (Wildman–Crippen MR) is 138 cm³/mol. The summed E-state index contributed by atoms with van der Waals surface area (Å²) in [4.78, 5) is 18.4. The normalized spacial score (nSPS) is 24.1. The highest BCUT2D eigenvalue weighted by atomic mass is 32.2. The maximum Gasteiger partial charge on any atom is 0.276 e. The molecule has 0 bridgehead atoms. The van der Waals surface area contributed by atoms with Crippen LogP contribution in [0.4, 0.5) is 0 Å². The number of fused-ring (bicyclic) bond motifs is 2. The SMILES string of the molecule is CCCCSC1=NN2C(=c3ccccc3=N[C@@H]2[C@H]2CC=C(CCC=C(C)C)C[C@H]2C)C(=O)N1. The zero-order valence-electron chi connectivity index (χ0n) is 20.3. The van der Waals surface area contributed by atoms with E-state index >= 15 is 0 Å². The van der Waals surface area contributed by atoms with E-state index in [4.69, 9.17) is 10.1 Å². The number of benzene rings is 1. The number of rotatable bonds is 7. The first-order valence-corrected chi connectivity index (χ1v) is 13.3. The summed E-state index contributed by atoms with van der Waals surface area (Å²) in [5.74, 6) is 1.68. The highest BCUT2D eigenvalue weighted by Gasteiger charge is 2.40. The standard InChI is InChI=1S/C27H36N4OS/c1-5-6-16-33-27-29-26(32)24-22-12-7-8-13-23(22)28-25(31(24)30-27)21-15-14-20(17-19(21)4)11-9-10-18(2)3/h7-8,10,12-14,19,21,25H,5-6,9,11,15-17H2,1-4H3,(H,29,30,32)/t19-,21+,25+/m1/s1. The fraction of sp³-hybridized carbons (Fsp3) is 0.519. The fourth-order valence-corrected chi connectivity index (χ4v) is 5.80. The number of carbonyl (C=O) groups excluding carboxylic acids is 1. The maximum absolute atomic E-state index is 13.2. The molecular formula is C27H36N4OS. The van der Waals surface area contributed by atoms with Crippen molar-refractivity contribution in [3.05, 3.63) is 58.1 Å². The summed E-state index contributed by atoms with van der Waals surface area (Å²) in [5.41, 5.74) is 3.57. The minimum atomic E-state index is -0.159. The van der Waals surface area contributed by atoms with Crippen LogP contribution >= 0.6 is 11.8 Å². The molecule has 0 saturated heterocycles. The van der Waals surface area contributed by atoms with Gasteiger partial charge >= 0.3 is 0 Å². The summed E-state index contributed by atoms with van der Waals surface area (Å²) in [6.45, 7) is 8.83. The van der Waals surface area contributed by atoms with Gasteiger partial charge < -0.3 is 0 Å². The van der Waals surface area contributed by atoms with Gasteiger partial charge in [-0.25, -0.2) is 5.01 Å². The fourth-order valence-electron chi connectivity index (χ4n) is 4.86. The highest BCUT2D eigenvalue weighted by molar-refractivity contribution is 8.13. The Bertz CT molecular complexity index is 1100. The number of carbonyl (C=O) groups is 1. The van der Waals surface area contributed by atoms with Gasteiger partial charge in [-0.2, -0.15) is 0 Å². The van der Waals surface area contributed by atoms with Crippen LogP contribution in [-0.4, -0.2) is 28.0 Å². The Morgan fingerprint density at radius 1 is 1.30 bits per heavy atom. The van der Waals surface area contributed by atoms with Crippen LogP contribution in [-0.2, 0) is 4.79 Å². The van der Waals surface area contributed by atoms with Gasteiger partial charge in [-0.05, 0) is 57.9 Å². The summed E-state index contributed by atoms with van der Waals surface area (Å²) in [6.07, 6.45) is 11.1. The molecular weight excluding hydrogens is 428 g/mol. The van der Waals surface area contributed by atoms with E-state index in [1.54, 1.807) is 17.3 Å². The second-order valence-electron chi connectivity index (χ2n) is 9.58. The maximum atomic E-state index is 13.2. The van der Waals surface area contributed by atoms with Crippen molar-refractivity contribution in [3.63, 3.8) is 0 Å². The number of hydrazone groups is 1. The zero-order valence-corrected chi connectivity index (χ0v) is 21.1. The number of amidine groups is 1. The lowest BCUT2D eigenvalue weighted by Crippen LogP contribution is -2.55. The molecule has 5 nitrogen and oxygen atoms in total. The first kappa shape index (κ1) is 23.8. The van der Waals surface area contributed by atoms with Crippen LogP contribution in [0.1, 0.15) is 66.2 Å². The number of hydrogen-bond acceptors (Lipinski definition) is 5. The zero-order chi connectivity index (χ0) is 23.4. The highest BCUT2D eigenvalue weighted by Crippen LogP contribution is 2.38. The van der Waals surface area contributed by atoms with Gasteiger partial charge in [0.05, 0.1) is 5.36 Å². The predicted octanol–water partition coefficient (Wildman–Crippen LogP) is 4.71. The monoisotopic (exact) mass is 464 g/mol. The van der Waals surface area contributed by atoms with Gasteiger partial charge in [0.25, 0.3) is 5.91 Å². The average Bonchev–Trinajstić information content (AvgIpc) is 2.78. The van der Waals surface area contributed by atoms with Gasteiger partial charge in [0.15, 0.2) is 5.17 Å². The minimum absolute atomic E-state index is 0.0715. The lowest BCUT2D eigenvalue weighted by molar-refractivity contribution is -0.116. The molecule has 1 N–H and O–H groups in total.